The quantitative estimate of drug-likeness (QED) is 0.926. The van der Waals surface area contributed by atoms with Gasteiger partial charge in [0.2, 0.25) is 0 Å². The summed E-state index contributed by atoms with van der Waals surface area (Å²) in [5, 5.41) is 9.01. The van der Waals surface area contributed by atoms with Crippen molar-refractivity contribution in [1.82, 2.24) is 9.55 Å². The first-order chi connectivity index (χ1) is 8.02. The fourth-order valence-electron chi connectivity index (χ4n) is 1.58. The molecule has 2 rings (SSSR count). The number of carboxylic acids is 1. The summed E-state index contributed by atoms with van der Waals surface area (Å²) >= 11 is 9.21. The van der Waals surface area contributed by atoms with Crippen molar-refractivity contribution in [2.45, 2.75) is 0 Å². The lowest BCUT2D eigenvalue weighted by molar-refractivity contribution is 0.0687. The molecule has 0 aliphatic rings. The van der Waals surface area contributed by atoms with E-state index in [2.05, 4.69) is 20.9 Å². The molecule has 0 radical (unpaired) electrons. The molecule has 0 amide bonds. The molecule has 0 aliphatic carbocycles. The van der Waals surface area contributed by atoms with Crippen LogP contribution in [0.25, 0.3) is 11.4 Å². The van der Waals surface area contributed by atoms with Crippen molar-refractivity contribution in [1.29, 1.82) is 0 Å². The van der Waals surface area contributed by atoms with Crippen LogP contribution in [0.5, 0.6) is 0 Å². The van der Waals surface area contributed by atoms with E-state index in [1.165, 1.54) is 4.57 Å². The molecule has 0 spiro atoms. The summed E-state index contributed by atoms with van der Waals surface area (Å²) in [6, 6.07) is 7.42. The minimum Gasteiger partial charge on any atom is -0.476 e. The molecule has 0 bridgehead atoms. The van der Waals surface area contributed by atoms with Crippen LogP contribution in [-0.4, -0.2) is 20.6 Å². The standard InChI is InChI=1S/C11H8BrClN2O2/c1-15-8(11(16)17)9(13)14-10(15)6-4-2-3-5-7(6)12/h2-5H,1H3,(H,16,17). The van der Waals surface area contributed by atoms with E-state index >= 15 is 0 Å². The maximum atomic E-state index is 11.0. The van der Waals surface area contributed by atoms with Crippen molar-refractivity contribution < 1.29 is 9.90 Å². The Bertz CT molecular complexity index is 595. The fourth-order valence-corrected chi connectivity index (χ4v) is 2.33. The predicted molar refractivity (Wildman–Crippen MR) is 68.3 cm³/mol. The summed E-state index contributed by atoms with van der Waals surface area (Å²) in [5.41, 5.74) is 0.779. The Hall–Kier alpha value is -1.33. The van der Waals surface area contributed by atoms with Gasteiger partial charge in [-0.05, 0) is 6.07 Å². The van der Waals surface area contributed by atoms with Crippen LogP contribution < -0.4 is 0 Å². The molecule has 1 aromatic carbocycles. The van der Waals surface area contributed by atoms with Gasteiger partial charge in [0.25, 0.3) is 0 Å². The average Bonchev–Trinajstić information content (AvgIpc) is 2.55. The zero-order valence-electron chi connectivity index (χ0n) is 8.82. The van der Waals surface area contributed by atoms with Gasteiger partial charge in [0.1, 0.15) is 5.82 Å². The van der Waals surface area contributed by atoms with Crippen LogP contribution in [0.2, 0.25) is 5.15 Å². The van der Waals surface area contributed by atoms with E-state index in [0.717, 1.165) is 10.0 Å². The highest BCUT2D eigenvalue weighted by Crippen LogP contribution is 2.29. The van der Waals surface area contributed by atoms with Gasteiger partial charge in [-0.15, -0.1) is 0 Å². The van der Waals surface area contributed by atoms with Crippen molar-refractivity contribution in [2.75, 3.05) is 0 Å². The Morgan fingerprint density at radius 1 is 1.47 bits per heavy atom. The smallest absolute Gasteiger partial charge is 0.355 e. The molecule has 0 saturated heterocycles. The molecule has 1 heterocycles. The molecular formula is C11H8BrClN2O2. The first-order valence-electron chi connectivity index (χ1n) is 4.72. The first-order valence-corrected chi connectivity index (χ1v) is 5.90. The van der Waals surface area contributed by atoms with Gasteiger partial charge in [-0.25, -0.2) is 9.78 Å². The van der Waals surface area contributed by atoms with Gasteiger partial charge in [0.05, 0.1) is 0 Å². The number of halogens is 2. The van der Waals surface area contributed by atoms with Gasteiger partial charge in [0.15, 0.2) is 10.8 Å². The second kappa shape index (κ2) is 4.50. The highest BCUT2D eigenvalue weighted by Gasteiger charge is 2.20. The van der Waals surface area contributed by atoms with Crippen molar-refractivity contribution in [3.05, 3.63) is 39.6 Å². The Balaban J connectivity index is 2.66. The highest BCUT2D eigenvalue weighted by atomic mass is 79.9. The van der Waals surface area contributed by atoms with Crippen molar-refractivity contribution >= 4 is 33.5 Å². The van der Waals surface area contributed by atoms with Crippen LogP contribution in [-0.2, 0) is 7.05 Å². The van der Waals surface area contributed by atoms with E-state index in [9.17, 15) is 4.79 Å². The molecule has 2 aromatic rings. The van der Waals surface area contributed by atoms with Crippen molar-refractivity contribution in [2.24, 2.45) is 7.05 Å². The predicted octanol–water partition coefficient (Wildman–Crippen LogP) is 3.20. The van der Waals surface area contributed by atoms with Crippen LogP contribution in [0.3, 0.4) is 0 Å². The number of imidazole rings is 1. The van der Waals surface area contributed by atoms with E-state index < -0.39 is 5.97 Å². The van der Waals surface area contributed by atoms with Gasteiger partial charge >= 0.3 is 5.97 Å². The number of hydrogen-bond donors (Lipinski definition) is 1. The number of hydrogen-bond acceptors (Lipinski definition) is 2. The van der Waals surface area contributed by atoms with Gasteiger partial charge in [-0.2, -0.15) is 0 Å². The zero-order valence-corrected chi connectivity index (χ0v) is 11.2. The molecule has 1 N–H and O–H groups in total. The summed E-state index contributed by atoms with van der Waals surface area (Å²) in [6.45, 7) is 0. The van der Waals surface area contributed by atoms with Crippen LogP contribution in [0.15, 0.2) is 28.7 Å². The van der Waals surface area contributed by atoms with E-state index in [1.54, 1.807) is 7.05 Å². The third kappa shape index (κ3) is 2.08. The molecule has 0 saturated carbocycles. The molecule has 4 nitrogen and oxygen atoms in total. The second-order valence-corrected chi connectivity index (χ2v) is 4.63. The number of rotatable bonds is 2. The van der Waals surface area contributed by atoms with Gasteiger partial charge in [-0.1, -0.05) is 45.7 Å². The van der Waals surface area contributed by atoms with Crippen molar-refractivity contribution in [3.8, 4) is 11.4 Å². The topological polar surface area (TPSA) is 55.1 Å². The third-order valence-corrected chi connectivity index (χ3v) is 3.32. The normalized spacial score (nSPS) is 10.5. The Morgan fingerprint density at radius 2 is 2.12 bits per heavy atom. The van der Waals surface area contributed by atoms with Crippen LogP contribution in [0.1, 0.15) is 10.5 Å². The van der Waals surface area contributed by atoms with Crippen molar-refractivity contribution in [3.63, 3.8) is 0 Å². The summed E-state index contributed by atoms with van der Waals surface area (Å²) < 4.78 is 2.30. The SMILES string of the molecule is Cn1c(-c2ccccc2Br)nc(Cl)c1C(=O)O. The zero-order chi connectivity index (χ0) is 12.6. The molecule has 0 unspecified atom stereocenters. The molecule has 1 aromatic heterocycles. The van der Waals surface area contributed by atoms with Gasteiger partial charge in [-0.3, -0.25) is 0 Å². The molecule has 0 aliphatic heterocycles. The highest BCUT2D eigenvalue weighted by molar-refractivity contribution is 9.10. The minimum absolute atomic E-state index is 0.00856. The average molecular weight is 316 g/mol. The Morgan fingerprint density at radius 3 is 2.65 bits per heavy atom. The molecule has 6 heteroatoms. The molecule has 0 atom stereocenters. The number of carbonyl (C=O) groups is 1. The minimum atomic E-state index is -1.09. The monoisotopic (exact) mass is 314 g/mol. The second-order valence-electron chi connectivity index (χ2n) is 3.42. The Labute approximate surface area is 111 Å². The summed E-state index contributed by atoms with van der Waals surface area (Å²) in [5.74, 6) is -0.580. The molecule has 0 fully saturated rings. The summed E-state index contributed by atoms with van der Waals surface area (Å²) in [4.78, 5) is 15.1. The lowest BCUT2D eigenvalue weighted by Crippen LogP contribution is -2.05. The molecule has 88 valence electrons. The Kier molecular flexibility index (Phi) is 3.22. The lowest BCUT2D eigenvalue weighted by Gasteiger charge is -2.04. The largest absolute Gasteiger partial charge is 0.476 e. The number of carboxylic acid groups (broad SMARTS) is 1. The van der Waals surface area contributed by atoms with Gasteiger partial charge in [0, 0.05) is 17.1 Å². The number of nitrogens with zero attached hydrogens (tertiary/aromatic N) is 2. The van der Waals surface area contributed by atoms with E-state index in [-0.39, 0.29) is 10.8 Å². The van der Waals surface area contributed by atoms with Gasteiger partial charge < -0.3 is 9.67 Å². The number of aromatic nitrogens is 2. The molecular weight excluding hydrogens is 307 g/mol. The summed E-state index contributed by atoms with van der Waals surface area (Å²) in [6.07, 6.45) is 0. The van der Waals surface area contributed by atoms with Crippen LogP contribution >= 0.6 is 27.5 Å². The van der Waals surface area contributed by atoms with Crippen LogP contribution in [0, 0.1) is 0 Å². The third-order valence-electron chi connectivity index (χ3n) is 2.37. The number of aromatic carboxylic acids is 1. The summed E-state index contributed by atoms with van der Waals surface area (Å²) in [7, 11) is 1.62. The first kappa shape index (κ1) is 12.1. The van der Waals surface area contributed by atoms with E-state index in [0.29, 0.717) is 5.82 Å². The fraction of sp³-hybridized carbons (Fsp3) is 0.0909. The van der Waals surface area contributed by atoms with E-state index in [4.69, 9.17) is 16.7 Å². The maximum Gasteiger partial charge on any atom is 0.355 e. The lowest BCUT2D eigenvalue weighted by atomic mass is 10.2. The number of benzene rings is 1. The van der Waals surface area contributed by atoms with E-state index in [1.807, 2.05) is 24.3 Å². The van der Waals surface area contributed by atoms with Crippen LogP contribution in [0.4, 0.5) is 0 Å². The maximum absolute atomic E-state index is 11.0. The molecule has 17 heavy (non-hydrogen) atoms.